The molecule has 0 saturated heterocycles. The van der Waals surface area contributed by atoms with Gasteiger partial charge in [-0.1, -0.05) is 56.1 Å². The van der Waals surface area contributed by atoms with Crippen molar-refractivity contribution in [3.8, 4) is 0 Å². The van der Waals surface area contributed by atoms with Gasteiger partial charge in [-0.05, 0) is 40.9 Å². The van der Waals surface area contributed by atoms with E-state index in [0.29, 0.717) is 13.2 Å². The van der Waals surface area contributed by atoms with Crippen molar-refractivity contribution in [2.24, 2.45) is 0 Å². The molecule has 0 spiro atoms. The van der Waals surface area contributed by atoms with Crippen LogP contribution in [0.15, 0.2) is 0 Å². The molecule has 0 aromatic heterocycles. The van der Waals surface area contributed by atoms with Gasteiger partial charge in [-0.15, -0.1) is 0 Å². The maximum Gasteiger partial charge on any atom is 0.202 e. The first kappa shape index (κ1) is 19.6. The van der Waals surface area contributed by atoms with Crippen LogP contribution in [0.5, 0.6) is 0 Å². The summed E-state index contributed by atoms with van der Waals surface area (Å²) in [7, 11) is 3.13. The van der Waals surface area contributed by atoms with Gasteiger partial charge in [0.15, 0.2) is 0 Å². The van der Waals surface area contributed by atoms with Crippen LogP contribution < -0.4 is 0 Å². The van der Waals surface area contributed by atoms with Crippen LogP contribution in [-0.4, -0.2) is 18.2 Å². The molecular formula is C11H25O2PS4. The molecule has 0 fully saturated rings. The highest BCUT2D eigenvalue weighted by Gasteiger charge is 2.30. The lowest BCUT2D eigenvalue weighted by molar-refractivity contribution is 0.239. The smallest absolute Gasteiger partial charge is 0.202 e. The first-order valence-corrected chi connectivity index (χ1v) is 12.5. The highest BCUT2D eigenvalue weighted by atomic mass is 33.5. The zero-order valence-electron chi connectivity index (χ0n) is 11.5. The normalized spacial score (nSPS) is 13.8. The number of thiol groups is 1. The van der Waals surface area contributed by atoms with E-state index in [2.05, 4.69) is 32.4 Å². The van der Waals surface area contributed by atoms with Gasteiger partial charge in [0.05, 0.1) is 18.2 Å². The molecule has 110 valence electrons. The Morgan fingerprint density at radius 3 is 1.94 bits per heavy atom. The molecule has 7 heteroatoms. The fourth-order valence-electron chi connectivity index (χ4n) is 1.27. The van der Waals surface area contributed by atoms with Crippen LogP contribution in [0.3, 0.4) is 0 Å². The topological polar surface area (TPSA) is 18.5 Å². The minimum Gasteiger partial charge on any atom is -0.329 e. The van der Waals surface area contributed by atoms with Crippen LogP contribution >= 0.6 is 38.8 Å². The Morgan fingerprint density at radius 2 is 1.61 bits per heavy atom. The summed E-state index contributed by atoms with van der Waals surface area (Å²) in [5, 5.41) is 0. The van der Waals surface area contributed by atoms with E-state index in [1.54, 1.807) is 10.8 Å². The quantitative estimate of drug-likeness (QED) is 0.204. The Bertz CT molecular complexity index is 227. The van der Waals surface area contributed by atoms with Crippen molar-refractivity contribution in [2.75, 3.05) is 13.2 Å². The second-order valence-electron chi connectivity index (χ2n) is 3.95. The first-order chi connectivity index (χ1) is 8.64. The van der Waals surface area contributed by atoms with E-state index in [-0.39, 0.29) is 4.99 Å². The fraction of sp³-hybridized carbons (Fsp3) is 1.00. The van der Waals surface area contributed by atoms with Crippen LogP contribution in [0.25, 0.3) is 0 Å². The van der Waals surface area contributed by atoms with Crippen molar-refractivity contribution in [1.82, 2.24) is 0 Å². The second-order valence-corrected chi connectivity index (χ2v) is 11.3. The van der Waals surface area contributed by atoms with Crippen molar-refractivity contribution in [3.05, 3.63) is 0 Å². The molecular weight excluding hydrogens is 323 g/mol. The number of hydrogen-bond donors (Lipinski definition) is 1. The van der Waals surface area contributed by atoms with Gasteiger partial charge in [0.25, 0.3) is 0 Å². The van der Waals surface area contributed by atoms with Gasteiger partial charge in [-0.2, -0.15) is 0 Å². The van der Waals surface area contributed by atoms with E-state index >= 15 is 0 Å². The summed E-state index contributed by atoms with van der Waals surface area (Å²) < 4.78 is 11.9. The average Bonchev–Trinajstić information content (AvgIpc) is 2.36. The number of hydrogen-bond acceptors (Lipinski definition) is 6. The predicted molar refractivity (Wildman–Crippen MR) is 94.3 cm³/mol. The monoisotopic (exact) mass is 348 g/mol. The maximum absolute atomic E-state index is 5.96. The third kappa shape index (κ3) is 8.03. The molecule has 0 heterocycles. The highest BCUT2D eigenvalue weighted by Crippen LogP contribution is 2.61. The minimum atomic E-state index is -2.18. The Hall–Kier alpha value is 1.62. The average molecular weight is 349 g/mol. The van der Waals surface area contributed by atoms with Crippen LogP contribution in [0.4, 0.5) is 0 Å². The summed E-state index contributed by atoms with van der Waals surface area (Å²) in [4.78, 5) is 0.240. The van der Waals surface area contributed by atoms with Gasteiger partial charge < -0.3 is 9.05 Å². The second kappa shape index (κ2) is 12.4. The fourth-order valence-corrected chi connectivity index (χ4v) is 9.34. The molecule has 2 nitrogen and oxygen atoms in total. The van der Waals surface area contributed by atoms with Crippen LogP contribution in [0, 0.1) is 0 Å². The van der Waals surface area contributed by atoms with Gasteiger partial charge in [0.1, 0.15) is 0 Å². The van der Waals surface area contributed by atoms with Gasteiger partial charge in [-0.25, -0.2) is 0 Å². The molecule has 1 unspecified atom stereocenters. The van der Waals surface area contributed by atoms with Crippen LogP contribution in [0.2, 0.25) is 0 Å². The first-order valence-electron chi connectivity index (χ1n) is 6.50. The lowest BCUT2D eigenvalue weighted by atomic mass is 10.4. The van der Waals surface area contributed by atoms with Crippen molar-refractivity contribution < 1.29 is 9.05 Å². The summed E-state index contributed by atoms with van der Waals surface area (Å²) in [6, 6.07) is 0. The third-order valence-corrected chi connectivity index (χ3v) is 10.3. The third-order valence-electron chi connectivity index (χ3n) is 2.39. The highest BCUT2D eigenvalue weighted by molar-refractivity contribution is 9.06. The van der Waals surface area contributed by atoms with Crippen molar-refractivity contribution in [2.45, 2.75) is 57.9 Å². The molecule has 0 N–H and O–H groups in total. The summed E-state index contributed by atoms with van der Waals surface area (Å²) in [6.45, 7) is 5.69. The lowest BCUT2D eigenvalue weighted by Gasteiger charge is -2.28. The van der Waals surface area contributed by atoms with E-state index in [1.165, 1.54) is 9.83 Å². The molecule has 0 radical (unpaired) electrons. The number of rotatable bonds is 12. The molecule has 0 aliphatic rings. The molecule has 18 heavy (non-hydrogen) atoms. The van der Waals surface area contributed by atoms with Crippen molar-refractivity contribution >= 4 is 50.6 Å². The largest absolute Gasteiger partial charge is 0.329 e. The van der Waals surface area contributed by atoms with Gasteiger partial charge in [0, 0.05) is 0 Å². The number of unbranched alkanes of at least 4 members (excludes halogenated alkanes) is 2. The van der Waals surface area contributed by atoms with Gasteiger partial charge >= 0.3 is 0 Å². The zero-order valence-corrected chi connectivity index (χ0v) is 15.7. The van der Waals surface area contributed by atoms with Gasteiger partial charge in [-0.3, -0.25) is 0 Å². The maximum atomic E-state index is 5.96. The molecule has 0 aromatic carbocycles. The lowest BCUT2D eigenvalue weighted by Crippen LogP contribution is -2.09. The summed E-state index contributed by atoms with van der Waals surface area (Å²) in [5.74, 6) is 0. The molecule has 0 aliphatic carbocycles. The predicted octanol–water partition coefficient (Wildman–Crippen LogP) is 5.89. The van der Waals surface area contributed by atoms with Crippen molar-refractivity contribution in [1.29, 1.82) is 0 Å². The Kier molecular flexibility index (Phi) is 13.5. The van der Waals surface area contributed by atoms with E-state index in [4.69, 9.17) is 20.9 Å². The molecule has 0 saturated carbocycles. The summed E-state index contributed by atoms with van der Waals surface area (Å²) >= 11 is 9.92. The summed E-state index contributed by atoms with van der Waals surface area (Å²) in [6.07, 6.45) is 5.30. The molecule has 0 aromatic rings. The Balaban J connectivity index is 4.49. The SMILES string of the molecule is CCCCOP(=S)(OCCCC)C(CC)SSS. The van der Waals surface area contributed by atoms with Gasteiger partial charge in [0.2, 0.25) is 6.49 Å². The molecule has 1 atom stereocenters. The van der Waals surface area contributed by atoms with Crippen LogP contribution in [0.1, 0.15) is 52.9 Å². The standard InChI is InChI=1S/C11H25O2PS4/c1-4-7-9-12-14(15,13-10-8-5-2)11(6-3)17-18-16/h11,16H,4-10H2,1-3H3. The van der Waals surface area contributed by atoms with E-state index in [0.717, 1.165) is 32.1 Å². The molecule has 0 bridgehead atoms. The van der Waals surface area contributed by atoms with E-state index < -0.39 is 6.49 Å². The van der Waals surface area contributed by atoms with Crippen molar-refractivity contribution in [3.63, 3.8) is 0 Å². The van der Waals surface area contributed by atoms with E-state index in [9.17, 15) is 0 Å². The zero-order chi connectivity index (χ0) is 13.9. The Morgan fingerprint density at radius 1 is 1.11 bits per heavy atom. The van der Waals surface area contributed by atoms with E-state index in [1.807, 2.05) is 0 Å². The molecule has 0 aliphatic heterocycles. The Labute approximate surface area is 130 Å². The molecule has 0 rings (SSSR count). The van der Waals surface area contributed by atoms with Crippen LogP contribution in [-0.2, 0) is 20.9 Å². The minimum absolute atomic E-state index is 0.240. The summed E-state index contributed by atoms with van der Waals surface area (Å²) in [5.41, 5.74) is 0. The molecule has 0 amide bonds.